The summed E-state index contributed by atoms with van der Waals surface area (Å²) in [6.07, 6.45) is 15.5. The maximum Gasteiger partial charge on any atom is 0.302 e. The molecule has 16 heavy (non-hydrogen) atoms. The van der Waals surface area contributed by atoms with E-state index in [0.717, 1.165) is 19.3 Å². The summed E-state index contributed by atoms with van der Waals surface area (Å²) in [7, 11) is 0. The van der Waals surface area contributed by atoms with Gasteiger partial charge in [-0.25, -0.2) is 0 Å². The number of unbranched alkanes of at least 4 members (excludes halogenated alkanes) is 4. The lowest BCUT2D eigenvalue weighted by Crippen LogP contribution is -1.99. The Hall–Kier alpha value is -1.05. The molecule has 92 valence electrons. The van der Waals surface area contributed by atoms with Crippen molar-refractivity contribution >= 4 is 5.97 Å². The van der Waals surface area contributed by atoms with E-state index in [9.17, 15) is 4.79 Å². The smallest absolute Gasteiger partial charge is 0.302 e. The Morgan fingerprint density at radius 1 is 1.00 bits per heavy atom. The molecule has 2 heteroatoms. The Morgan fingerprint density at radius 3 is 2.12 bits per heavy atom. The van der Waals surface area contributed by atoms with Gasteiger partial charge in [-0.2, -0.15) is 0 Å². The number of carbonyl (C=O) groups excluding carboxylic acids is 1. The van der Waals surface area contributed by atoms with Gasteiger partial charge in [-0.05, 0) is 45.4 Å². The van der Waals surface area contributed by atoms with Crippen LogP contribution >= 0.6 is 0 Å². The molecule has 0 aliphatic rings. The van der Waals surface area contributed by atoms with Crippen LogP contribution in [0.2, 0.25) is 0 Å². The number of hydrogen-bond donors (Lipinski definition) is 0. The molecule has 2 nitrogen and oxygen atoms in total. The first-order valence-electron chi connectivity index (χ1n) is 6.17. The van der Waals surface area contributed by atoms with Crippen molar-refractivity contribution in [2.24, 2.45) is 0 Å². The molecule has 0 heterocycles. The number of carbonyl (C=O) groups is 1. The maximum absolute atomic E-state index is 10.5. The number of rotatable bonds is 9. The van der Waals surface area contributed by atoms with E-state index in [1.165, 1.54) is 26.2 Å². The predicted molar refractivity (Wildman–Crippen MR) is 68.3 cm³/mol. The van der Waals surface area contributed by atoms with Gasteiger partial charge >= 0.3 is 5.97 Å². The van der Waals surface area contributed by atoms with Gasteiger partial charge in [0.25, 0.3) is 0 Å². The average molecular weight is 224 g/mol. The molecule has 0 aliphatic carbocycles. The minimum Gasteiger partial charge on any atom is -0.466 e. The topological polar surface area (TPSA) is 26.3 Å². The lowest BCUT2D eigenvalue weighted by molar-refractivity contribution is -0.141. The Kier molecular flexibility index (Phi) is 11.2. The molecular formula is C14H24O2. The Labute approximate surface area is 99.4 Å². The van der Waals surface area contributed by atoms with Gasteiger partial charge in [-0.15, -0.1) is 0 Å². The van der Waals surface area contributed by atoms with Crippen LogP contribution in [0.4, 0.5) is 0 Å². The molecule has 0 aromatic heterocycles. The molecule has 0 bridgehead atoms. The molecule has 0 saturated heterocycles. The molecule has 0 atom stereocenters. The van der Waals surface area contributed by atoms with Crippen LogP contribution in [0.15, 0.2) is 24.3 Å². The second-order valence-corrected chi connectivity index (χ2v) is 3.81. The van der Waals surface area contributed by atoms with Gasteiger partial charge in [0.15, 0.2) is 0 Å². The highest BCUT2D eigenvalue weighted by Gasteiger charge is 1.90. The van der Waals surface area contributed by atoms with Gasteiger partial charge in [-0.1, -0.05) is 24.3 Å². The summed E-state index contributed by atoms with van der Waals surface area (Å²) >= 11 is 0. The van der Waals surface area contributed by atoms with Crippen molar-refractivity contribution in [2.45, 2.75) is 52.4 Å². The lowest BCUT2D eigenvalue weighted by Gasteiger charge is -1.98. The summed E-state index contributed by atoms with van der Waals surface area (Å²) < 4.78 is 4.83. The Morgan fingerprint density at radius 2 is 1.56 bits per heavy atom. The van der Waals surface area contributed by atoms with Gasteiger partial charge in [0, 0.05) is 6.92 Å². The molecule has 0 amide bonds. The summed E-state index contributed by atoms with van der Waals surface area (Å²) in [6, 6.07) is 0. The molecular weight excluding hydrogens is 200 g/mol. The standard InChI is InChI=1S/C14H24O2/c1-3-4-5-6-7-8-9-10-11-12-13-16-14(2)15/h3-4,9-10H,5-8,11-13H2,1-2H3. The summed E-state index contributed by atoms with van der Waals surface area (Å²) in [5.74, 6) is -0.187. The maximum atomic E-state index is 10.5. The van der Waals surface area contributed by atoms with Crippen molar-refractivity contribution in [3.8, 4) is 0 Å². The first-order valence-corrected chi connectivity index (χ1v) is 6.17. The van der Waals surface area contributed by atoms with E-state index < -0.39 is 0 Å². The monoisotopic (exact) mass is 224 g/mol. The van der Waals surface area contributed by atoms with Crippen LogP contribution in [0, 0.1) is 0 Å². The van der Waals surface area contributed by atoms with E-state index in [2.05, 4.69) is 31.2 Å². The number of allylic oxidation sites excluding steroid dienone is 4. The average Bonchev–Trinajstić information content (AvgIpc) is 2.25. The Balaban J connectivity index is 3.13. The zero-order valence-electron chi connectivity index (χ0n) is 10.6. The molecule has 0 aliphatic heterocycles. The van der Waals surface area contributed by atoms with Crippen molar-refractivity contribution in [3.05, 3.63) is 24.3 Å². The number of ether oxygens (including phenoxy) is 1. The Bertz CT molecular complexity index is 217. The summed E-state index contributed by atoms with van der Waals surface area (Å²) in [5, 5.41) is 0. The SMILES string of the molecule is CC=CCCCCC=CCCCOC(C)=O. The van der Waals surface area contributed by atoms with E-state index >= 15 is 0 Å². The lowest BCUT2D eigenvalue weighted by atomic mass is 10.1. The minimum absolute atomic E-state index is 0.187. The highest BCUT2D eigenvalue weighted by molar-refractivity contribution is 5.65. The third kappa shape index (κ3) is 12.9. The van der Waals surface area contributed by atoms with Gasteiger partial charge in [-0.3, -0.25) is 4.79 Å². The van der Waals surface area contributed by atoms with Gasteiger partial charge < -0.3 is 4.74 Å². The van der Waals surface area contributed by atoms with Gasteiger partial charge in [0.1, 0.15) is 0 Å². The molecule has 0 unspecified atom stereocenters. The summed E-state index contributed by atoms with van der Waals surface area (Å²) in [6.45, 7) is 4.05. The first kappa shape index (κ1) is 14.9. The molecule has 0 rings (SSSR count). The highest BCUT2D eigenvalue weighted by Crippen LogP contribution is 2.02. The van der Waals surface area contributed by atoms with Crippen molar-refractivity contribution in [2.75, 3.05) is 6.61 Å². The van der Waals surface area contributed by atoms with E-state index in [4.69, 9.17) is 4.74 Å². The largest absolute Gasteiger partial charge is 0.466 e. The molecule has 0 fully saturated rings. The van der Waals surface area contributed by atoms with E-state index in [1.807, 2.05) is 0 Å². The van der Waals surface area contributed by atoms with Crippen molar-refractivity contribution in [3.63, 3.8) is 0 Å². The zero-order valence-corrected chi connectivity index (χ0v) is 10.6. The molecule has 0 N–H and O–H groups in total. The normalized spacial score (nSPS) is 11.4. The van der Waals surface area contributed by atoms with Crippen molar-refractivity contribution in [1.29, 1.82) is 0 Å². The summed E-state index contributed by atoms with van der Waals surface area (Å²) in [5.41, 5.74) is 0. The third-order valence-corrected chi connectivity index (χ3v) is 2.21. The van der Waals surface area contributed by atoms with E-state index in [1.54, 1.807) is 0 Å². The van der Waals surface area contributed by atoms with Crippen LogP contribution in [0.5, 0.6) is 0 Å². The predicted octanol–water partition coefficient (Wildman–Crippen LogP) is 4.02. The van der Waals surface area contributed by atoms with Crippen LogP contribution < -0.4 is 0 Å². The number of esters is 1. The first-order chi connectivity index (χ1) is 7.77. The molecule has 0 saturated carbocycles. The van der Waals surface area contributed by atoms with Crippen LogP contribution in [0.25, 0.3) is 0 Å². The van der Waals surface area contributed by atoms with Gasteiger partial charge in [0.05, 0.1) is 6.61 Å². The van der Waals surface area contributed by atoms with Crippen LogP contribution in [-0.2, 0) is 9.53 Å². The van der Waals surface area contributed by atoms with Crippen molar-refractivity contribution in [1.82, 2.24) is 0 Å². The second-order valence-electron chi connectivity index (χ2n) is 3.81. The van der Waals surface area contributed by atoms with Gasteiger partial charge in [0.2, 0.25) is 0 Å². The fraction of sp³-hybridized carbons (Fsp3) is 0.643. The highest BCUT2D eigenvalue weighted by atomic mass is 16.5. The van der Waals surface area contributed by atoms with Crippen LogP contribution in [0.3, 0.4) is 0 Å². The van der Waals surface area contributed by atoms with Crippen LogP contribution in [-0.4, -0.2) is 12.6 Å². The minimum atomic E-state index is -0.187. The second kappa shape index (κ2) is 12.0. The van der Waals surface area contributed by atoms with Crippen LogP contribution in [0.1, 0.15) is 52.4 Å². The molecule has 0 spiro atoms. The number of hydrogen-bond acceptors (Lipinski definition) is 2. The van der Waals surface area contributed by atoms with E-state index in [-0.39, 0.29) is 5.97 Å². The molecule has 0 aromatic rings. The molecule has 0 aromatic carbocycles. The zero-order chi connectivity index (χ0) is 12.1. The van der Waals surface area contributed by atoms with E-state index in [0.29, 0.717) is 6.61 Å². The third-order valence-electron chi connectivity index (χ3n) is 2.21. The summed E-state index contributed by atoms with van der Waals surface area (Å²) in [4.78, 5) is 10.5. The quantitative estimate of drug-likeness (QED) is 0.336. The fourth-order valence-electron chi connectivity index (χ4n) is 1.34. The van der Waals surface area contributed by atoms with Crippen molar-refractivity contribution < 1.29 is 9.53 Å². The molecule has 0 radical (unpaired) electrons. The fourth-order valence-corrected chi connectivity index (χ4v) is 1.34.